The highest BCUT2D eigenvalue weighted by molar-refractivity contribution is 7.13. The Morgan fingerprint density at radius 2 is 1.79 bits per heavy atom. The van der Waals surface area contributed by atoms with Gasteiger partial charge in [-0.2, -0.15) is 0 Å². The minimum atomic E-state index is 0.00137. The largest absolute Gasteiger partial charge is 0.342 e. The van der Waals surface area contributed by atoms with E-state index >= 15 is 0 Å². The van der Waals surface area contributed by atoms with Crippen molar-refractivity contribution in [1.82, 2.24) is 14.9 Å². The van der Waals surface area contributed by atoms with Gasteiger partial charge in [0.2, 0.25) is 5.91 Å². The summed E-state index contributed by atoms with van der Waals surface area (Å²) in [6.07, 6.45) is 3.47. The summed E-state index contributed by atoms with van der Waals surface area (Å²) in [7, 11) is 0. The second-order valence-electron chi connectivity index (χ2n) is 6.92. The molecule has 0 aliphatic carbocycles. The van der Waals surface area contributed by atoms with Crippen molar-refractivity contribution in [2.45, 2.75) is 19.3 Å². The Morgan fingerprint density at radius 1 is 1.04 bits per heavy atom. The van der Waals surface area contributed by atoms with Crippen LogP contribution < -0.4 is 0 Å². The van der Waals surface area contributed by atoms with E-state index in [0.717, 1.165) is 34.8 Å². The number of hydrogen-bond donors (Lipinski definition) is 0. The molecule has 1 aromatic carbocycles. The number of thiazole rings is 1. The fourth-order valence-electron chi connectivity index (χ4n) is 3.49. The second-order valence-corrected chi connectivity index (χ2v) is 7.78. The quantitative estimate of drug-likeness (QED) is 0.620. The van der Waals surface area contributed by atoms with Crippen LogP contribution in [0.25, 0.3) is 10.7 Å². The van der Waals surface area contributed by atoms with Crippen LogP contribution in [0, 0.1) is 5.92 Å². The molecule has 3 heterocycles. The molecule has 1 aliphatic rings. The van der Waals surface area contributed by atoms with Crippen molar-refractivity contribution in [2.75, 3.05) is 13.1 Å². The monoisotopic (exact) mass is 391 g/mol. The number of piperidine rings is 1. The number of amides is 1. The molecule has 0 unspecified atom stereocenters. The van der Waals surface area contributed by atoms with Crippen molar-refractivity contribution in [3.63, 3.8) is 0 Å². The Labute approximate surface area is 168 Å². The molecular formula is C22H21N3O2S. The molecule has 1 saturated heterocycles. The van der Waals surface area contributed by atoms with Crippen LogP contribution in [0.3, 0.4) is 0 Å². The molecular weight excluding hydrogens is 370 g/mol. The number of rotatable bonds is 5. The van der Waals surface area contributed by atoms with Crippen molar-refractivity contribution < 1.29 is 9.59 Å². The Morgan fingerprint density at radius 3 is 2.50 bits per heavy atom. The number of likely N-dealkylation sites (tertiary alicyclic amines) is 1. The van der Waals surface area contributed by atoms with E-state index in [1.165, 1.54) is 11.3 Å². The number of Topliss-reactive ketones (excluding diaryl/α,β-unsaturated/α-hetero) is 1. The molecule has 5 nitrogen and oxygen atoms in total. The minimum Gasteiger partial charge on any atom is -0.342 e. The maximum absolute atomic E-state index is 12.6. The van der Waals surface area contributed by atoms with Crippen molar-refractivity contribution in [1.29, 1.82) is 0 Å². The van der Waals surface area contributed by atoms with Gasteiger partial charge in [0.1, 0.15) is 5.01 Å². The smallest absolute Gasteiger partial charge is 0.228 e. The maximum atomic E-state index is 12.6. The normalized spacial score (nSPS) is 14.8. The topological polar surface area (TPSA) is 63.2 Å². The lowest BCUT2D eigenvalue weighted by atomic mass is 9.89. The number of carbonyl (C=O) groups excluding carboxylic acids is 2. The number of nitrogens with zero attached hydrogens (tertiary/aromatic N) is 3. The third-order valence-corrected chi connectivity index (χ3v) is 5.96. The lowest BCUT2D eigenvalue weighted by Gasteiger charge is -2.31. The molecule has 1 aliphatic heterocycles. The van der Waals surface area contributed by atoms with Gasteiger partial charge in [0.05, 0.1) is 17.8 Å². The van der Waals surface area contributed by atoms with Crippen LogP contribution in [0.1, 0.15) is 28.9 Å². The van der Waals surface area contributed by atoms with Crippen LogP contribution in [-0.4, -0.2) is 39.6 Å². The van der Waals surface area contributed by atoms with E-state index in [-0.39, 0.29) is 17.6 Å². The van der Waals surface area contributed by atoms with Crippen molar-refractivity contribution in [2.24, 2.45) is 5.92 Å². The summed E-state index contributed by atoms with van der Waals surface area (Å²) in [5.74, 6) is 0.261. The van der Waals surface area contributed by atoms with Gasteiger partial charge in [0, 0.05) is 36.1 Å². The summed E-state index contributed by atoms with van der Waals surface area (Å²) >= 11 is 1.50. The second kappa shape index (κ2) is 8.44. The van der Waals surface area contributed by atoms with Gasteiger partial charge in [0.25, 0.3) is 0 Å². The zero-order valence-corrected chi connectivity index (χ0v) is 16.3. The third kappa shape index (κ3) is 4.17. The number of aromatic nitrogens is 2. The molecule has 6 heteroatoms. The van der Waals surface area contributed by atoms with E-state index in [1.807, 2.05) is 58.8 Å². The standard InChI is InChI=1S/C22H21N3O2S/c26-20(14-18-15-28-22(24-18)19-8-4-5-11-23-19)25-12-9-17(10-13-25)21(27)16-6-2-1-3-7-16/h1-8,11,15,17H,9-10,12-14H2. The van der Waals surface area contributed by atoms with E-state index < -0.39 is 0 Å². The van der Waals surface area contributed by atoms with Crippen LogP contribution in [0.5, 0.6) is 0 Å². The molecule has 0 spiro atoms. The minimum absolute atomic E-state index is 0.00137. The van der Waals surface area contributed by atoms with Gasteiger partial charge in [-0.3, -0.25) is 14.6 Å². The first-order valence-corrected chi connectivity index (χ1v) is 10.3. The SMILES string of the molecule is O=C(c1ccccc1)C1CCN(C(=O)Cc2csc(-c3ccccn3)n2)CC1. The highest BCUT2D eigenvalue weighted by Gasteiger charge is 2.28. The molecule has 142 valence electrons. The predicted molar refractivity (Wildman–Crippen MR) is 109 cm³/mol. The molecule has 28 heavy (non-hydrogen) atoms. The summed E-state index contributed by atoms with van der Waals surface area (Å²) in [5, 5.41) is 2.75. The van der Waals surface area contributed by atoms with Gasteiger partial charge in [-0.25, -0.2) is 4.98 Å². The average Bonchev–Trinajstić information content (AvgIpc) is 3.23. The van der Waals surface area contributed by atoms with Gasteiger partial charge in [-0.15, -0.1) is 11.3 Å². The predicted octanol–water partition coefficient (Wildman–Crippen LogP) is 3.87. The fourth-order valence-corrected chi connectivity index (χ4v) is 4.29. The van der Waals surface area contributed by atoms with Crippen molar-refractivity contribution >= 4 is 23.0 Å². The molecule has 4 rings (SSSR count). The van der Waals surface area contributed by atoms with E-state index in [4.69, 9.17) is 0 Å². The first-order valence-electron chi connectivity index (χ1n) is 9.43. The molecule has 0 saturated carbocycles. The molecule has 0 radical (unpaired) electrons. The van der Waals surface area contributed by atoms with Crippen LogP contribution >= 0.6 is 11.3 Å². The van der Waals surface area contributed by atoms with Gasteiger partial charge in [0.15, 0.2) is 5.78 Å². The Kier molecular flexibility index (Phi) is 5.58. The lowest BCUT2D eigenvalue weighted by Crippen LogP contribution is -2.41. The number of pyridine rings is 1. The summed E-state index contributed by atoms with van der Waals surface area (Å²) in [5.41, 5.74) is 2.36. The lowest BCUT2D eigenvalue weighted by molar-refractivity contribution is -0.131. The van der Waals surface area contributed by atoms with E-state index in [2.05, 4.69) is 9.97 Å². The number of ketones is 1. The highest BCUT2D eigenvalue weighted by Crippen LogP contribution is 2.24. The van der Waals surface area contributed by atoms with E-state index in [1.54, 1.807) is 6.20 Å². The van der Waals surface area contributed by atoms with Gasteiger partial charge in [-0.1, -0.05) is 36.4 Å². The van der Waals surface area contributed by atoms with E-state index in [9.17, 15) is 9.59 Å². The highest BCUT2D eigenvalue weighted by atomic mass is 32.1. The maximum Gasteiger partial charge on any atom is 0.228 e. The summed E-state index contributed by atoms with van der Waals surface area (Å²) in [6, 6.07) is 15.1. The van der Waals surface area contributed by atoms with Crippen molar-refractivity contribution in [3.05, 3.63) is 71.4 Å². The summed E-state index contributed by atoms with van der Waals surface area (Å²) in [6.45, 7) is 1.25. The van der Waals surface area contributed by atoms with Crippen LogP contribution in [-0.2, 0) is 11.2 Å². The molecule has 2 aromatic heterocycles. The number of benzene rings is 1. The molecule has 0 bridgehead atoms. The number of hydrogen-bond acceptors (Lipinski definition) is 5. The van der Waals surface area contributed by atoms with Gasteiger partial charge >= 0.3 is 0 Å². The average molecular weight is 391 g/mol. The van der Waals surface area contributed by atoms with E-state index in [0.29, 0.717) is 19.5 Å². The van der Waals surface area contributed by atoms with Crippen molar-refractivity contribution in [3.8, 4) is 10.7 Å². The fraction of sp³-hybridized carbons (Fsp3) is 0.273. The number of carbonyl (C=O) groups is 2. The molecule has 1 amide bonds. The Hall–Kier alpha value is -2.86. The molecule has 1 fully saturated rings. The zero-order chi connectivity index (χ0) is 19.3. The van der Waals surface area contributed by atoms with Crippen LogP contribution in [0.15, 0.2) is 60.1 Å². The van der Waals surface area contributed by atoms with Crippen LogP contribution in [0.2, 0.25) is 0 Å². The molecule has 0 atom stereocenters. The summed E-state index contributed by atoms with van der Waals surface area (Å²) < 4.78 is 0. The third-order valence-electron chi connectivity index (χ3n) is 5.04. The Balaban J connectivity index is 1.32. The summed E-state index contributed by atoms with van der Waals surface area (Å²) in [4.78, 5) is 35.9. The Bertz CT molecular complexity index is 948. The molecule has 0 N–H and O–H groups in total. The van der Waals surface area contributed by atoms with Crippen LogP contribution in [0.4, 0.5) is 0 Å². The van der Waals surface area contributed by atoms with Gasteiger partial charge in [-0.05, 0) is 25.0 Å². The first kappa shape index (κ1) is 18.5. The van der Waals surface area contributed by atoms with Gasteiger partial charge < -0.3 is 4.90 Å². The first-order chi connectivity index (χ1) is 13.7. The zero-order valence-electron chi connectivity index (χ0n) is 15.5. The molecule has 3 aromatic rings.